The number of unbranched alkanes of at least 4 members (excludes halogenated alkanes) is 33. The normalized spacial score (nSPS) is 12.7. The van der Waals surface area contributed by atoms with E-state index in [9.17, 15) is 14.4 Å². The zero-order valence-corrected chi connectivity index (χ0v) is 51.4. The molecule has 1 unspecified atom stereocenters. The van der Waals surface area contributed by atoms with Gasteiger partial charge in [0.2, 0.25) is 0 Å². The SMILES string of the molecule is CC/C=C\C/C=C\C/C=C\C/C=C\C/C=C\CCCCCCCCCCCCCC(=O)OCC(COC(=O)CCCCCCCCCC)OC(=O)CCCCCCCCCCCC/C=C\C/C=C\C/C=C\CCCCCCC. The molecular weight excluding hydrogens is 961 g/mol. The van der Waals surface area contributed by atoms with Crippen LogP contribution in [0.1, 0.15) is 323 Å². The summed E-state index contributed by atoms with van der Waals surface area (Å²) in [5.41, 5.74) is 0. The standard InChI is InChI=1S/C72H124O6/c1-4-7-10-13-16-19-21-23-25-27-29-31-33-35-36-38-39-41-43-45-47-49-51-53-56-59-62-65-71(74)77-68-69(67-76-70(73)64-61-58-55-18-15-12-9-6-3)78-72(75)66-63-60-57-54-52-50-48-46-44-42-40-37-34-32-30-28-26-24-22-20-17-14-11-8-5-2/h7,10,16,19,22-25,28-31,34-37,69H,4-6,8-9,11-15,17-18,20-21,26-27,32-33,38-68H2,1-3H3/b10-7-,19-16-,24-22-,25-23-,30-28-,31-29-,36-35-,37-34-. The third kappa shape index (κ3) is 63.2. The van der Waals surface area contributed by atoms with E-state index >= 15 is 0 Å². The molecule has 0 heterocycles. The Kier molecular flexibility index (Phi) is 62.7. The summed E-state index contributed by atoms with van der Waals surface area (Å²) in [6, 6.07) is 0. The molecule has 0 aliphatic rings. The van der Waals surface area contributed by atoms with Gasteiger partial charge in [0.25, 0.3) is 0 Å². The first-order valence-electron chi connectivity index (χ1n) is 33.2. The van der Waals surface area contributed by atoms with Crippen LogP contribution in [-0.2, 0) is 28.6 Å². The average Bonchev–Trinajstić information content (AvgIpc) is 3.44. The lowest BCUT2D eigenvalue weighted by molar-refractivity contribution is -0.167. The van der Waals surface area contributed by atoms with Gasteiger partial charge in [-0.05, 0) is 103 Å². The van der Waals surface area contributed by atoms with Gasteiger partial charge < -0.3 is 14.2 Å². The van der Waals surface area contributed by atoms with Gasteiger partial charge in [0.1, 0.15) is 13.2 Å². The van der Waals surface area contributed by atoms with Crippen LogP contribution in [0.2, 0.25) is 0 Å². The minimum absolute atomic E-state index is 0.0775. The molecule has 0 radical (unpaired) electrons. The second-order valence-corrected chi connectivity index (χ2v) is 22.0. The van der Waals surface area contributed by atoms with Crippen LogP contribution in [-0.4, -0.2) is 37.2 Å². The van der Waals surface area contributed by atoms with Gasteiger partial charge in [-0.2, -0.15) is 0 Å². The number of esters is 3. The molecule has 0 N–H and O–H groups in total. The predicted molar refractivity (Wildman–Crippen MR) is 339 cm³/mol. The molecule has 0 spiro atoms. The highest BCUT2D eigenvalue weighted by Crippen LogP contribution is 2.16. The number of rotatable bonds is 60. The molecule has 0 aromatic heterocycles. The van der Waals surface area contributed by atoms with E-state index in [0.29, 0.717) is 19.3 Å². The van der Waals surface area contributed by atoms with Gasteiger partial charge in [-0.25, -0.2) is 0 Å². The van der Waals surface area contributed by atoms with Crippen LogP contribution >= 0.6 is 0 Å². The number of hydrogen-bond acceptors (Lipinski definition) is 6. The Morgan fingerprint density at radius 1 is 0.269 bits per heavy atom. The summed E-state index contributed by atoms with van der Waals surface area (Å²) in [5, 5.41) is 0. The zero-order valence-electron chi connectivity index (χ0n) is 51.4. The molecule has 6 heteroatoms. The maximum Gasteiger partial charge on any atom is 0.306 e. The Morgan fingerprint density at radius 2 is 0.500 bits per heavy atom. The molecule has 0 aromatic carbocycles. The van der Waals surface area contributed by atoms with E-state index in [2.05, 4.69) is 118 Å². The van der Waals surface area contributed by atoms with E-state index < -0.39 is 6.10 Å². The lowest BCUT2D eigenvalue weighted by Crippen LogP contribution is -2.30. The molecule has 448 valence electrons. The molecule has 0 saturated heterocycles. The smallest absolute Gasteiger partial charge is 0.306 e. The first kappa shape index (κ1) is 74.3. The van der Waals surface area contributed by atoms with Crippen molar-refractivity contribution < 1.29 is 28.6 Å². The van der Waals surface area contributed by atoms with Crippen molar-refractivity contribution in [2.75, 3.05) is 13.2 Å². The lowest BCUT2D eigenvalue weighted by Gasteiger charge is -2.18. The fraction of sp³-hybridized carbons (Fsp3) is 0.736. The fourth-order valence-electron chi connectivity index (χ4n) is 9.36. The molecule has 78 heavy (non-hydrogen) atoms. The highest BCUT2D eigenvalue weighted by atomic mass is 16.6. The molecule has 1 atom stereocenters. The van der Waals surface area contributed by atoms with E-state index in [1.807, 2.05) is 0 Å². The summed E-state index contributed by atoms with van der Waals surface area (Å²) in [7, 11) is 0. The number of allylic oxidation sites excluding steroid dienone is 16. The number of carbonyl (C=O) groups is 3. The van der Waals surface area contributed by atoms with Crippen LogP contribution in [0.15, 0.2) is 97.2 Å². The van der Waals surface area contributed by atoms with Crippen molar-refractivity contribution in [2.45, 2.75) is 329 Å². The summed E-state index contributed by atoms with van der Waals surface area (Å²) in [4.78, 5) is 38.2. The zero-order chi connectivity index (χ0) is 56.4. The van der Waals surface area contributed by atoms with Gasteiger partial charge in [-0.1, -0.05) is 298 Å². The van der Waals surface area contributed by atoms with Crippen molar-refractivity contribution in [1.29, 1.82) is 0 Å². The lowest BCUT2D eigenvalue weighted by atomic mass is 10.0. The van der Waals surface area contributed by atoms with Crippen LogP contribution in [0.5, 0.6) is 0 Å². The van der Waals surface area contributed by atoms with Gasteiger partial charge in [-0.3, -0.25) is 14.4 Å². The monoisotopic (exact) mass is 1080 g/mol. The maximum atomic E-state index is 12.9. The largest absolute Gasteiger partial charge is 0.462 e. The number of carbonyl (C=O) groups excluding carboxylic acids is 3. The molecule has 0 aromatic rings. The van der Waals surface area contributed by atoms with Crippen molar-refractivity contribution in [1.82, 2.24) is 0 Å². The molecule has 6 nitrogen and oxygen atoms in total. The first-order chi connectivity index (χ1) is 38.5. The highest BCUT2D eigenvalue weighted by Gasteiger charge is 2.19. The summed E-state index contributed by atoms with van der Waals surface area (Å²) in [6.07, 6.45) is 88.6. The van der Waals surface area contributed by atoms with E-state index in [1.54, 1.807) is 0 Å². The Hall–Kier alpha value is -3.67. The Morgan fingerprint density at radius 3 is 0.782 bits per heavy atom. The second-order valence-electron chi connectivity index (χ2n) is 22.0. The van der Waals surface area contributed by atoms with Gasteiger partial charge in [-0.15, -0.1) is 0 Å². The van der Waals surface area contributed by atoms with Crippen LogP contribution in [0.3, 0.4) is 0 Å². The van der Waals surface area contributed by atoms with Gasteiger partial charge in [0, 0.05) is 19.3 Å². The summed E-state index contributed by atoms with van der Waals surface area (Å²) < 4.78 is 16.9. The molecular formula is C72H124O6. The first-order valence-corrected chi connectivity index (χ1v) is 33.2. The second kappa shape index (κ2) is 65.8. The highest BCUT2D eigenvalue weighted by molar-refractivity contribution is 5.71. The van der Waals surface area contributed by atoms with E-state index in [0.717, 1.165) is 103 Å². The van der Waals surface area contributed by atoms with Crippen LogP contribution in [0.25, 0.3) is 0 Å². The third-order valence-electron chi connectivity index (χ3n) is 14.3. The van der Waals surface area contributed by atoms with Gasteiger partial charge in [0.15, 0.2) is 6.10 Å². The minimum Gasteiger partial charge on any atom is -0.462 e. The van der Waals surface area contributed by atoms with Crippen molar-refractivity contribution in [3.8, 4) is 0 Å². The molecule has 0 bridgehead atoms. The fourth-order valence-corrected chi connectivity index (χ4v) is 9.36. The van der Waals surface area contributed by atoms with E-state index in [1.165, 1.54) is 180 Å². The average molecular weight is 1090 g/mol. The quantitative estimate of drug-likeness (QED) is 0.0261. The molecule has 0 aliphatic carbocycles. The number of hydrogen-bond donors (Lipinski definition) is 0. The van der Waals surface area contributed by atoms with Crippen molar-refractivity contribution >= 4 is 17.9 Å². The Bertz CT molecular complexity index is 1530. The van der Waals surface area contributed by atoms with Crippen molar-refractivity contribution in [3.05, 3.63) is 97.2 Å². The van der Waals surface area contributed by atoms with Crippen LogP contribution in [0, 0.1) is 0 Å². The summed E-state index contributed by atoms with van der Waals surface area (Å²) >= 11 is 0. The van der Waals surface area contributed by atoms with Crippen LogP contribution < -0.4 is 0 Å². The molecule has 0 amide bonds. The molecule has 0 fully saturated rings. The minimum atomic E-state index is -0.780. The maximum absolute atomic E-state index is 12.9. The number of ether oxygens (including phenoxy) is 3. The van der Waals surface area contributed by atoms with E-state index in [-0.39, 0.29) is 31.1 Å². The molecule has 0 rings (SSSR count). The molecule has 0 saturated carbocycles. The summed E-state index contributed by atoms with van der Waals surface area (Å²) in [6.45, 7) is 6.51. The predicted octanol–water partition coefficient (Wildman–Crippen LogP) is 22.8. The topological polar surface area (TPSA) is 78.9 Å². The van der Waals surface area contributed by atoms with E-state index in [4.69, 9.17) is 14.2 Å². The Labute approximate surface area is 483 Å². The van der Waals surface area contributed by atoms with Gasteiger partial charge >= 0.3 is 17.9 Å². The third-order valence-corrected chi connectivity index (χ3v) is 14.3. The Balaban J connectivity index is 4.17. The van der Waals surface area contributed by atoms with Crippen molar-refractivity contribution in [3.63, 3.8) is 0 Å². The van der Waals surface area contributed by atoms with Crippen molar-refractivity contribution in [2.24, 2.45) is 0 Å². The summed E-state index contributed by atoms with van der Waals surface area (Å²) in [5.74, 6) is -0.878. The molecule has 0 aliphatic heterocycles. The van der Waals surface area contributed by atoms with Crippen LogP contribution in [0.4, 0.5) is 0 Å². The van der Waals surface area contributed by atoms with Gasteiger partial charge in [0.05, 0.1) is 0 Å².